The van der Waals surface area contributed by atoms with E-state index in [4.69, 9.17) is 23.2 Å². The molecule has 0 aliphatic heterocycles. The van der Waals surface area contributed by atoms with Crippen molar-refractivity contribution in [3.05, 3.63) is 33.8 Å². The van der Waals surface area contributed by atoms with Gasteiger partial charge in [0.25, 0.3) is 0 Å². The Morgan fingerprint density at radius 3 is 2.68 bits per heavy atom. The van der Waals surface area contributed by atoms with Gasteiger partial charge in [0.2, 0.25) is 5.92 Å². The summed E-state index contributed by atoms with van der Waals surface area (Å²) in [6.07, 6.45) is 0.662. The topological polar surface area (TPSA) is 17.1 Å². The summed E-state index contributed by atoms with van der Waals surface area (Å²) >= 11 is 11.7. The number of halogens is 4. The number of rotatable bonds is 3. The molecule has 104 valence electrons. The van der Waals surface area contributed by atoms with Gasteiger partial charge >= 0.3 is 0 Å². The molecule has 0 N–H and O–H groups in total. The van der Waals surface area contributed by atoms with Gasteiger partial charge in [0, 0.05) is 25.2 Å². The van der Waals surface area contributed by atoms with E-state index in [1.165, 1.54) is 0 Å². The van der Waals surface area contributed by atoms with Crippen LogP contribution >= 0.6 is 23.2 Å². The van der Waals surface area contributed by atoms with Crippen molar-refractivity contribution in [1.82, 2.24) is 0 Å². The third-order valence-electron chi connectivity index (χ3n) is 3.46. The van der Waals surface area contributed by atoms with Gasteiger partial charge in [0.15, 0.2) is 0 Å². The molecule has 1 fully saturated rings. The largest absolute Gasteiger partial charge is 0.299 e. The van der Waals surface area contributed by atoms with Crippen LogP contribution in [0.4, 0.5) is 8.78 Å². The Morgan fingerprint density at radius 2 is 2.05 bits per heavy atom. The number of benzene rings is 1. The lowest BCUT2D eigenvalue weighted by Gasteiger charge is -2.27. The predicted octanol–water partition coefficient (Wildman–Crippen LogP) is 4.93. The first-order chi connectivity index (χ1) is 8.87. The second-order valence-electron chi connectivity index (χ2n) is 5.04. The van der Waals surface area contributed by atoms with Crippen molar-refractivity contribution in [1.29, 1.82) is 0 Å². The average Bonchev–Trinajstić information content (AvgIpc) is 2.32. The number of carbonyl (C=O) groups is 1. The van der Waals surface area contributed by atoms with Gasteiger partial charge in [0.1, 0.15) is 5.78 Å². The number of hydrogen-bond donors (Lipinski definition) is 0. The first kappa shape index (κ1) is 14.7. The van der Waals surface area contributed by atoms with Crippen LogP contribution < -0.4 is 0 Å². The third kappa shape index (κ3) is 3.90. The van der Waals surface area contributed by atoms with E-state index in [1.54, 1.807) is 18.2 Å². The van der Waals surface area contributed by atoms with E-state index in [-0.39, 0.29) is 25.0 Å². The molecule has 1 unspecified atom stereocenters. The van der Waals surface area contributed by atoms with E-state index in [2.05, 4.69) is 0 Å². The Hall–Kier alpha value is -0.670. The molecule has 0 spiro atoms. The molecule has 0 heterocycles. The molecular formula is C14H14Cl2F2O. The Labute approximate surface area is 120 Å². The van der Waals surface area contributed by atoms with Gasteiger partial charge in [-0.15, -0.1) is 0 Å². The fourth-order valence-electron chi connectivity index (χ4n) is 2.44. The van der Waals surface area contributed by atoms with Crippen molar-refractivity contribution in [2.75, 3.05) is 0 Å². The second kappa shape index (κ2) is 5.76. The van der Waals surface area contributed by atoms with Crippen molar-refractivity contribution in [3.8, 4) is 0 Å². The summed E-state index contributed by atoms with van der Waals surface area (Å²) in [6, 6.07) is 4.93. The highest BCUT2D eigenvalue weighted by molar-refractivity contribution is 6.42. The SMILES string of the molecule is O=C(Cc1ccc(Cl)c(Cl)c1)C1CCCC(F)(F)C1. The number of alkyl halides is 2. The van der Waals surface area contributed by atoms with Crippen LogP contribution in [0.2, 0.25) is 10.0 Å². The van der Waals surface area contributed by atoms with Crippen LogP contribution in [-0.4, -0.2) is 11.7 Å². The smallest absolute Gasteiger partial charge is 0.248 e. The summed E-state index contributed by atoms with van der Waals surface area (Å²) in [5, 5.41) is 0.794. The van der Waals surface area contributed by atoms with E-state index in [0.29, 0.717) is 28.5 Å². The molecule has 0 aromatic heterocycles. The van der Waals surface area contributed by atoms with Crippen LogP contribution in [0, 0.1) is 5.92 Å². The molecule has 2 rings (SSSR count). The van der Waals surface area contributed by atoms with E-state index in [9.17, 15) is 13.6 Å². The van der Waals surface area contributed by atoms with Crippen molar-refractivity contribution >= 4 is 29.0 Å². The average molecular weight is 307 g/mol. The first-order valence-corrected chi connectivity index (χ1v) is 6.97. The molecular weight excluding hydrogens is 293 g/mol. The molecule has 5 heteroatoms. The lowest BCUT2D eigenvalue weighted by molar-refractivity contribution is -0.129. The summed E-state index contributed by atoms with van der Waals surface area (Å²) in [7, 11) is 0. The van der Waals surface area contributed by atoms with E-state index in [0.717, 1.165) is 0 Å². The van der Waals surface area contributed by atoms with Gasteiger partial charge < -0.3 is 0 Å². The maximum atomic E-state index is 13.3. The fourth-order valence-corrected chi connectivity index (χ4v) is 2.76. The van der Waals surface area contributed by atoms with Crippen LogP contribution in [0.3, 0.4) is 0 Å². The standard InChI is InChI=1S/C14H14Cl2F2O/c15-11-4-3-9(6-12(11)16)7-13(19)10-2-1-5-14(17,18)8-10/h3-4,6,10H,1-2,5,7-8H2. The zero-order chi connectivity index (χ0) is 14.0. The number of hydrogen-bond acceptors (Lipinski definition) is 1. The molecule has 0 radical (unpaired) electrons. The van der Waals surface area contributed by atoms with Crippen LogP contribution in [0.25, 0.3) is 0 Å². The van der Waals surface area contributed by atoms with Gasteiger partial charge in [-0.25, -0.2) is 8.78 Å². The number of carbonyl (C=O) groups excluding carboxylic acids is 1. The number of ketones is 1. The maximum Gasteiger partial charge on any atom is 0.248 e. The summed E-state index contributed by atoms with van der Waals surface area (Å²) in [5.74, 6) is -3.38. The van der Waals surface area contributed by atoms with Gasteiger partial charge in [-0.05, 0) is 30.5 Å². The minimum absolute atomic E-state index is 0.108. The molecule has 1 aliphatic carbocycles. The monoisotopic (exact) mass is 306 g/mol. The van der Waals surface area contributed by atoms with Crippen molar-refractivity contribution in [3.63, 3.8) is 0 Å². The zero-order valence-corrected chi connectivity index (χ0v) is 11.8. The van der Waals surface area contributed by atoms with Crippen molar-refractivity contribution < 1.29 is 13.6 Å². The summed E-state index contributed by atoms with van der Waals surface area (Å²) < 4.78 is 26.6. The molecule has 1 aromatic rings. The minimum Gasteiger partial charge on any atom is -0.299 e. The van der Waals surface area contributed by atoms with Gasteiger partial charge in [0.05, 0.1) is 10.0 Å². The highest BCUT2D eigenvalue weighted by Gasteiger charge is 2.38. The van der Waals surface area contributed by atoms with Crippen LogP contribution in [0.1, 0.15) is 31.2 Å². The lowest BCUT2D eigenvalue weighted by atomic mass is 9.82. The molecule has 1 saturated carbocycles. The molecule has 0 saturated heterocycles. The van der Waals surface area contributed by atoms with Crippen LogP contribution in [0.15, 0.2) is 18.2 Å². The molecule has 1 aromatic carbocycles. The highest BCUT2D eigenvalue weighted by atomic mass is 35.5. The minimum atomic E-state index is -2.70. The molecule has 0 amide bonds. The van der Waals surface area contributed by atoms with Crippen molar-refractivity contribution in [2.24, 2.45) is 5.92 Å². The van der Waals surface area contributed by atoms with Gasteiger partial charge in [-0.2, -0.15) is 0 Å². The van der Waals surface area contributed by atoms with Crippen molar-refractivity contribution in [2.45, 2.75) is 38.0 Å². The third-order valence-corrected chi connectivity index (χ3v) is 4.20. The van der Waals surface area contributed by atoms with E-state index >= 15 is 0 Å². The second-order valence-corrected chi connectivity index (χ2v) is 5.86. The molecule has 0 bridgehead atoms. The molecule has 1 atom stereocenters. The van der Waals surface area contributed by atoms with Crippen LogP contribution in [-0.2, 0) is 11.2 Å². The quantitative estimate of drug-likeness (QED) is 0.774. The molecule has 1 nitrogen and oxygen atoms in total. The van der Waals surface area contributed by atoms with Gasteiger partial charge in [-0.1, -0.05) is 29.3 Å². The Balaban J connectivity index is 2.02. The van der Waals surface area contributed by atoms with E-state index < -0.39 is 11.8 Å². The normalized spacial score (nSPS) is 22.2. The maximum absolute atomic E-state index is 13.3. The van der Waals surface area contributed by atoms with Crippen LogP contribution in [0.5, 0.6) is 0 Å². The lowest BCUT2D eigenvalue weighted by Crippen LogP contribution is -2.31. The van der Waals surface area contributed by atoms with E-state index in [1.807, 2.05) is 0 Å². The summed E-state index contributed by atoms with van der Waals surface area (Å²) in [4.78, 5) is 12.0. The Kier molecular flexibility index (Phi) is 4.46. The fraction of sp³-hybridized carbons (Fsp3) is 0.500. The zero-order valence-electron chi connectivity index (χ0n) is 10.3. The predicted molar refractivity (Wildman–Crippen MR) is 72.1 cm³/mol. The Bertz CT molecular complexity index is 488. The summed E-state index contributed by atoms with van der Waals surface area (Å²) in [5.41, 5.74) is 0.716. The number of Topliss-reactive ketones (excluding diaryl/α,β-unsaturated/α-hetero) is 1. The summed E-state index contributed by atoms with van der Waals surface area (Å²) in [6.45, 7) is 0. The molecule has 19 heavy (non-hydrogen) atoms. The Morgan fingerprint density at radius 1 is 1.32 bits per heavy atom. The molecule has 1 aliphatic rings. The van der Waals surface area contributed by atoms with Gasteiger partial charge in [-0.3, -0.25) is 4.79 Å². The highest BCUT2D eigenvalue weighted by Crippen LogP contribution is 2.37. The first-order valence-electron chi connectivity index (χ1n) is 6.22.